The van der Waals surface area contributed by atoms with Gasteiger partial charge in [0.25, 0.3) is 0 Å². The Hall–Kier alpha value is -1.27. The summed E-state index contributed by atoms with van der Waals surface area (Å²) < 4.78 is 0.734. The van der Waals surface area contributed by atoms with Crippen molar-refractivity contribution in [2.75, 3.05) is 5.32 Å². The summed E-state index contributed by atoms with van der Waals surface area (Å²) in [5, 5.41) is 20.2. The highest BCUT2D eigenvalue weighted by atomic mass is 79.9. The standard InChI is InChI=1S/C9H11BrClN5/c1-4-2-6(11)5(10)3-7(4)15-9(14)16-8(12)13/h2-3H,1H3,(H6,12,13,14,15,16). The quantitative estimate of drug-likeness (QED) is 0.406. The van der Waals surface area contributed by atoms with E-state index in [-0.39, 0.29) is 11.9 Å². The van der Waals surface area contributed by atoms with Crippen LogP contribution >= 0.6 is 27.5 Å². The van der Waals surface area contributed by atoms with Crippen molar-refractivity contribution >= 4 is 45.1 Å². The molecule has 0 saturated carbocycles. The van der Waals surface area contributed by atoms with Crippen molar-refractivity contribution in [1.82, 2.24) is 5.32 Å². The molecule has 1 rings (SSSR count). The molecule has 0 atom stereocenters. The number of anilines is 1. The topological polar surface area (TPSA) is 97.8 Å². The van der Waals surface area contributed by atoms with Crippen LogP contribution in [0.3, 0.4) is 0 Å². The Balaban J connectivity index is 2.85. The van der Waals surface area contributed by atoms with E-state index in [1.807, 2.05) is 6.92 Å². The summed E-state index contributed by atoms with van der Waals surface area (Å²) in [4.78, 5) is 0. The van der Waals surface area contributed by atoms with E-state index >= 15 is 0 Å². The third-order valence-corrected chi connectivity index (χ3v) is 2.98. The first kappa shape index (κ1) is 12.8. The fraction of sp³-hybridized carbons (Fsp3) is 0.111. The maximum Gasteiger partial charge on any atom is 0.199 e. The lowest BCUT2D eigenvalue weighted by molar-refractivity contribution is 1.20. The van der Waals surface area contributed by atoms with Crippen LogP contribution < -0.4 is 16.4 Å². The van der Waals surface area contributed by atoms with Gasteiger partial charge in [-0.15, -0.1) is 0 Å². The Morgan fingerprint density at radius 1 is 1.44 bits per heavy atom. The lowest BCUT2D eigenvalue weighted by Crippen LogP contribution is -2.39. The molecule has 1 aromatic rings. The largest absolute Gasteiger partial charge is 0.370 e. The summed E-state index contributed by atoms with van der Waals surface area (Å²) in [6.45, 7) is 1.86. The second-order valence-electron chi connectivity index (χ2n) is 3.12. The van der Waals surface area contributed by atoms with Crippen LogP contribution in [0.25, 0.3) is 0 Å². The lowest BCUT2D eigenvalue weighted by Gasteiger charge is -2.12. The van der Waals surface area contributed by atoms with Crippen LogP contribution in [0.1, 0.15) is 5.56 Å². The second kappa shape index (κ2) is 5.18. The average molecular weight is 305 g/mol. The van der Waals surface area contributed by atoms with Gasteiger partial charge in [0.15, 0.2) is 11.9 Å². The third-order valence-electron chi connectivity index (χ3n) is 1.79. The summed E-state index contributed by atoms with van der Waals surface area (Å²) in [5.41, 5.74) is 6.71. The number of benzene rings is 1. The molecule has 5 nitrogen and oxygen atoms in total. The van der Waals surface area contributed by atoms with Gasteiger partial charge in [-0.25, -0.2) is 0 Å². The monoisotopic (exact) mass is 303 g/mol. The molecule has 0 aliphatic rings. The number of guanidine groups is 2. The van der Waals surface area contributed by atoms with Crippen LogP contribution in [0.5, 0.6) is 0 Å². The van der Waals surface area contributed by atoms with Gasteiger partial charge in [-0.05, 0) is 40.5 Å². The number of aryl methyl sites for hydroxylation is 1. The average Bonchev–Trinajstić information content (AvgIpc) is 2.12. The molecule has 0 aliphatic heterocycles. The van der Waals surface area contributed by atoms with E-state index in [9.17, 15) is 0 Å². The van der Waals surface area contributed by atoms with E-state index < -0.39 is 0 Å². The Bertz CT molecular complexity index is 446. The molecule has 7 heteroatoms. The van der Waals surface area contributed by atoms with E-state index in [0.717, 1.165) is 15.7 Å². The van der Waals surface area contributed by atoms with Crippen molar-refractivity contribution in [1.29, 1.82) is 10.8 Å². The fourth-order valence-electron chi connectivity index (χ4n) is 1.08. The van der Waals surface area contributed by atoms with Gasteiger partial charge in [-0.2, -0.15) is 0 Å². The second-order valence-corrected chi connectivity index (χ2v) is 4.38. The van der Waals surface area contributed by atoms with Gasteiger partial charge in [-0.3, -0.25) is 16.1 Å². The van der Waals surface area contributed by atoms with Gasteiger partial charge in [0.1, 0.15) is 0 Å². The minimum absolute atomic E-state index is 0.0650. The van der Waals surface area contributed by atoms with E-state index in [0.29, 0.717) is 5.02 Å². The number of hydrogen-bond donors (Lipinski definition) is 5. The summed E-state index contributed by atoms with van der Waals surface area (Å²) in [5.74, 6) is -0.354. The van der Waals surface area contributed by atoms with E-state index in [4.69, 9.17) is 28.2 Å². The van der Waals surface area contributed by atoms with Gasteiger partial charge in [0.2, 0.25) is 0 Å². The Morgan fingerprint density at radius 2 is 2.06 bits per heavy atom. The number of nitrogens with one attached hydrogen (secondary N) is 4. The molecule has 0 saturated heterocycles. The van der Waals surface area contributed by atoms with E-state index in [1.165, 1.54) is 0 Å². The van der Waals surface area contributed by atoms with Crippen molar-refractivity contribution in [3.8, 4) is 0 Å². The third kappa shape index (κ3) is 3.39. The summed E-state index contributed by atoms with van der Waals surface area (Å²) >= 11 is 9.20. The predicted molar refractivity (Wildman–Crippen MR) is 70.3 cm³/mol. The Labute approximate surface area is 107 Å². The maximum atomic E-state index is 7.49. The molecule has 16 heavy (non-hydrogen) atoms. The number of halogens is 2. The van der Waals surface area contributed by atoms with Crippen LogP contribution in [0.15, 0.2) is 16.6 Å². The van der Waals surface area contributed by atoms with Gasteiger partial charge < -0.3 is 11.1 Å². The summed E-state index contributed by atoms with van der Waals surface area (Å²) in [6, 6.07) is 3.53. The van der Waals surface area contributed by atoms with Crippen LogP contribution in [0.4, 0.5) is 5.69 Å². The van der Waals surface area contributed by atoms with Crippen LogP contribution in [-0.2, 0) is 0 Å². The first-order valence-electron chi connectivity index (χ1n) is 4.32. The van der Waals surface area contributed by atoms with E-state index in [2.05, 4.69) is 26.6 Å². The van der Waals surface area contributed by atoms with Crippen molar-refractivity contribution in [2.24, 2.45) is 5.73 Å². The first-order chi connectivity index (χ1) is 7.40. The molecule has 0 bridgehead atoms. The van der Waals surface area contributed by atoms with Crippen molar-refractivity contribution in [2.45, 2.75) is 6.92 Å². The molecule has 86 valence electrons. The zero-order valence-electron chi connectivity index (χ0n) is 8.49. The molecule has 0 aromatic heterocycles. The Kier molecular flexibility index (Phi) is 4.14. The zero-order valence-corrected chi connectivity index (χ0v) is 10.8. The van der Waals surface area contributed by atoms with Crippen LogP contribution in [0, 0.1) is 17.7 Å². The molecule has 1 aromatic carbocycles. The fourth-order valence-corrected chi connectivity index (χ4v) is 1.64. The maximum absolute atomic E-state index is 7.49. The molecule has 0 spiro atoms. The van der Waals surface area contributed by atoms with E-state index in [1.54, 1.807) is 12.1 Å². The Morgan fingerprint density at radius 3 is 2.62 bits per heavy atom. The zero-order chi connectivity index (χ0) is 12.3. The first-order valence-corrected chi connectivity index (χ1v) is 5.49. The minimum Gasteiger partial charge on any atom is -0.370 e. The number of rotatable bonds is 1. The normalized spacial score (nSPS) is 9.69. The number of hydrogen-bond acceptors (Lipinski definition) is 2. The van der Waals surface area contributed by atoms with Gasteiger partial charge >= 0.3 is 0 Å². The lowest BCUT2D eigenvalue weighted by atomic mass is 10.2. The minimum atomic E-state index is -0.289. The number of nitrogens with two attached hydrogens (primary N) is 1. The van der Waals surface area contributed by atoms with Crippen LogP contribution in [0.2, 0.25) is 5.02 Å². The highest BCUT2D eigenvalue weighted by Crippen LogP contribution is 2.28. The van der Waals surface area contributed by atoms with Gasteiger partial charge in [-0.1, -0.05) is 11.6 Å². The van der Waals surface area contributed by atoms with Crippen molar-refractivity contribution in [3.05, 3.63) is 27.2 Å². The van der Waals surface area contributed by atoms with Crippen molar-refractivity contribution < 1.29 is 0 Å². The molecular weight excluding hydrogens is 293 g/mol. The molecule has 6 N–H and O–H groups in total. The molecule has 0 fully saturated rings. The van der Waals surface area contributed by atoms with Gasteiger partial charge in [0, 0.05) is 10.2 Å². The molecule has 0 unspecified atom stereocenters. The highest BCUT2D eigenvalue weighted by molar-refractivity contribution is 9.10. The highest BCUT2D eigenvalue weighted by Gasteiger charge is 2.05. The summed E-state index contributed by atoms with van der Waals surface area (Å²) in [6.07, 6.45) is 0. The SMILES string of the molecule is Cc1cc(Cl)c(Br)cc1NC(=N)NC(=N)N. The van der Waals surface area contributed by atoms with Gasteiger partial charge in [0.05, 0.1) is 5.02 Å². The predicted octanol–water partition coefficient (Wildman–Crippen LogP) is 2.24. The molecule has 0 amide bonds. The molecule has 0 heterocycles. The molecular formula is C9H11BrClN5. The smallest absolute Gasteiger partial charge is 0.199 e. The van der Waals surface area contributed by atoms with Crippen LogP contribution in [-0.4, -0.2) is 11.9 Å². The molecule has 0 radical (unpaired) electrons. The summed E-state index contributed by atoms with van der Waals surface area (Å²) in [7, 11) is 0. The van der Waals surface area contributed by atoms with Crippen molar-refractivity contribution in [3.63, 3.8) is 0 Å². The molecule has 0 aliphatic carbocycles.